The third-order valence-corrected chi connectivity index (χ3v) is 3.44. The number of carbonyl (C=O) groups excluding carboxylic acids is 2. The summed E-state index contributed by atoms with van der Waals surface area (Å²) in [7, 11) is 0. The maximum absolute atomic E-state index is 11.8. The van der Waals surface area contributed by atoms with E-state index >= 15 is 0 Å². The SMILES string of the molecule is CC(NC(=O)CNC(=O)[C@@H](N)C(C)C)c1ccc(Cl)cc1. The number of rotatable bonds is 6. The Morgan fingerprint density at radius 1 is 1.19 bits per heavy atom. The van der Waals surface area contributed by atoms with E-state index in [1.165, 1.54) is 0 Å². The molecule has 0 aliphatic heterocycles. The molecule has 5 nitrogen and oxygen atoms in total. The first-order chi connectivity index (χ1) is 9.81. The maximum atomic E-state index is 11.8. The number of carbonyl (C=O) groups is 2. The van der Waals surface area contributed by atoms with Crippen molar-refractivity contribution in [2.24, 2.45) is 11.7 Å². The summed E-state index contributed by atoms with van der Waals surface area (Å²) in [5.41, 5.74) is 6.64. The normalized spacial score (nSPS) is 13.6. The van der Waals surface area contributed by atoms with Gasteiger partial charge in [0, 0.05) is 5.02 Å². The number of halogens is 1. The minimum Gasteiger partial charge on any atom is -0.348 e. The van der Waals surface area contributed by atoms with Crippen LogP contribution in [-0.2, 0) is 9.59 Å². The van der Waals surface area contributed by atoms with Gasteiger partial charge in [-0.1, -0.05) is 37.6 Å². The molecule has 21 heavy (non-hydrogen) atoms. The Morgan fingerprint density at radius 2 is 1.76 bits per heavy atom. The summed E-state index contributed by atoms with van der Waals surface area (Å²) in [5, 5.41) is 5.98. The molecule has 6 heteroatoms. The Balaban J connectivity index is 2.43. The van der Waals surface area contributed by atoms with E-state index < -0.39 is 6.04 Å². The molecule has 0 heterocycles. The molecule has 1 aromatic carbocycles. The lowest BCUT2D eigenvalue weighted by molar-refractivity contribution is -0.127. The van der Waals surface area contributed by atoms with Crippen molar-refractivity contribution in [2.75, 3.05) is 6.54 Å². The van der Waals surface area contributed by atoms with Gasteiger partial charge >= 0.3 is 0 Å². The number of nitrogens with one attached hydrogen (secondary N) is 2. The van der Waals surface area contributed by atoms with E-state index in [1.807, 2.05) is 32.9 Å². The van der Waals surface area contributed by atoms with Crippen LogP contribution in [0.2, 0.25) is 5.02 Å². The first-order valence-corrected chi connectivity index (χ1v) is 7.27. The van der Waals surface area contributed by atoms with Gasteiger partial charge in [0.25, 0.3) is 0 Å². The molecule has 0 aliphatic carbocycles. The van der Waals surface area contributed by atoms with Crippen LogP contribution in [0.4, 0.5) is 0 Å². The molecule has 4 N–H and O–H groups in total. The highest BCUT2D eigenvalue weighted by Crippen LogP contribution is 2.15. The quantitative estimate of drug-likeness (QED) is 0.746. The Labute approximate surface area is 130 Å². The summed E-state index contributed by atoms with van der Waals surface area (Å²) in [5.74, 6) is -0.554. The largest absolute Gasteiger partial charge is 0.348 e. The molecule has 2 atom stereocenters. The number of hydrogen-bond acceptors (Lipinski definition) is 3. The molecule has 116 valence electrons. The lowest BCUT2D eigenvalue weighted by Gasteiger charge is -2.17. The molecule has 0 radical (unpaired) electrons. The zero-order valence-electron chi connectivity index (χ0n) is 12.5. The van der Waals surface area contributed by atoms with Crippen molar-refractivity contribution >= 4 is 23.4 Å². The summed E-state index contributed by atoms with van der Waals surface area (Å²) >= 11 is 5.82. The second kappa shape index (κ2) is 8.00. The van der Waals surface area contributed by atoms with Crippen LogP contribution in [0.5, 0.6) is 0 Å². The highest BCUT2D eigenvalue weighted by molar-refractivity contribution is 6.30. The van der Waals surface area contributed by atoms with Crippen LogP contribution in [0.25, 0.3) is 0 Å². The molecule has 0 saturated heterocycles. The van der Waals surface area contributed by atoms with Crippen LogP contribution in [0.15, 0.2) is 24.3 Å². The van der Waals surface area contributed by atoms with Gasteiger partial charge in [-0.3, -0.25) is 9.59 Å². The highest BCUT2D eigenvalue weighted by atomic mass is 35.5. The van der Waals surface area contributed by atoms with Gasteiger partial charge in [-0.25, -0.2) is 0 Å². The molecule has 0 spiro atoms. The maximum Gasteiger partial charge on any atom is 0.239 e. The molecule has 0 aliphatic rings. The van der Waals surface area contributed by atoms with Crippen molar-refractivity contribution in [1.82, 2.24) is 10.6 Å². The first-order valence-electron chi connectivity index (χ1n) is 6.89. The molecule has 1 aromatic rings. The summed E-state index contributed by atoms with van der Waals surface area (Å²) in [6, 6.07) is 6.46. The number of amides is 2. The molecule has 2 amide bonds. The number of nitrogens with two attached hydrogens (primary N) is 1. The van der Waals surface area contributed by atoms with Gasteiger partial charge in [-0.05, 0) is 30.5 Å². The van der Waals surface area contributed by atoms with Crippen LogP contribution in [-0.4, -0.2) is 24.4 Å². The molecule has 1 rings (SSSR count). The fraction of sp³-hybridized carbons (Fsp3) is 0.467. The van der Waals surface area contributed by atoms with Crippen LogP contribution in [0.3, 0.4) is 0 Å². The van der Waals surface area contributed by atoms with Crippen LogP contribution < -0.4 is 16.4 Å². The van der Waals surface area contributed by atoms with Gasteiger partial charge in [0.2, 0.25) is 11.8 Å². The zero-order chi connectivity index (χ0) is 16.0. The Kier molecular flexibility index (Phi) is 6.65. The fourth-order valence-corrected chi connectivity index (χ4v) is 1.84. The molecule has 0 bridgehead atoms. The van der Waals surface area contributed by atoms with E-state index in [-0.39, 0.29) is 30.3 Å². The van der Waals surface area contributed by atoms with Gasteiger partial charge in [0.05, 0.1) is 18.6 Å². The van der Waals surface area contributed by atoms with E-state index in [4.69, 9.17) is 17.3 Å². The third kappa shape index (κ3) is 5.73. The summed E-state index contributed by atoms with van der Waals surface area (Å²) in [6.45, 7) is 5.49. The van der Waals surface area contributed by atoms with Crippen LogP contribution in [0, 0.1) is 5.92 Å². The molecular formula is C15H22ClN3O2. The molecular weight excluding hydrogens is 290 g/mol. The van der Waals surface area contributed by atoms with Crippen LogP contribution in [0.1, 0.15) is 32.4 Å². The van der Waals surface area contributed by atoms with E-state index in [2.05, 4.69) is 10.6 Å². The van der Waals surface area contributed by atoms with Crippen molar-refractivity contribution in [3.05, 3.63) is 34.9 Å². The summed E-state index contributed by atoms with van der Waals surface area (Å²) < 4.78 is 0. The zero-order valence-corrected chi connectivity index (χ0v) is 13.3. The van der Waals surface area contributed by atoms with Crippen molar-refractivity contribution in [3.63, 3.8) is 0 Å². The standard InChI is InChI=1S/C15H22ClN3O2/c1-9(2)14(17)15(21)18-8-13(20)19-10(3)11-4-6-12(16)7-5-11/h4-7,9-10,14H,8,17H2,1-3H3,(H,18,21)(H,19,20)/t10?,14-/m0/s1. The Hall–Kier alpha value is -1.59. The van der Waals surface area contributed by atoms with Gasteiger partial charge in [0.1, 0.15) is 0 Å². The monoisotopic (exact) mass is 311 g/mol. The average Bonchev–Trinajstić information content (AvgIpc) is 2.44. The van der Waals surface area contributed by atoms with Crippen molar-refractivity contribution in [3.8, 4) is 0 Å². The van der Waals surface area contributed by atoms with Gasteiger partial charge in [-0.2, -0.15) is 0 Å². The minimum atomic E-state index is -0.605. The van der Waals surface area contributed by atoms with E-state index in [0.29, 0.717) is 5.02 Å². The van der Waals surface area contributed by atoms with Crippen molar-refractivity contribution in [2.45, 2.75) is 32.9 Å². The smallest absolute Gasteiger partial charge is 0.239 e. The van der Waals surface area contributed by atoms with Gasteiger partial charge in [-0.15, -0.1) is 0 Å². The van der Waals surface area contributed by atoms with E-state index in [9.17, 15) is 9.59 Å². The molecule has 0 fully saturated rings. The van der Waals surface area contributed by atoms with E-state index in [1.54, 1.807) is 12.1 Å². The lowest BCUT2D eigenvalue weighted by atomic mass is 10.1. The van der Waals surface area contributed by atoms with Gasteiger partial charge in [0.15, 0.2) is 0 Å². The molecule has 0 saturated carbocycles. The highest BCUT2D eigenvalue weighted by Gasteiger charge is 2.18. The Bertz CT molecular complexity index is 488. The number of hydrogen-bond donors (Lipinski definition) is 3. The van der Waals surface area contributed by atoms with Crippen molar-refractivity contribution in [1.29, 1.82) is 0 Å². The van der Waals surface area contributed by atoms with E-state index in [0.717, 1.165) is 5.56 Å². The van der Waals surface area contributed by atoms with Gasteiger partial charge < -0.3 is 16.4 Å². The minimum absolute atomic E-state index is 0.0288. The molecule has 1 unspecified atom stereocenters. The van der Waals surface area contributed by atoms with Crippen LogP contribution >= 0.6 is 11.6 Å². The number of benzene rings is 1. The first kappa shape index (κ1) is 17.5. The second-order valence-corrected chi connectivity index (χ2v) is 5.76. The van der Waals surface area contributed by atoms with Crippen molar-refractivity contribution < 1.29 is 9.59 Å². The fourth-order valence-electron chi connectivity index (χ4n) is 1.72. The Morgan fingerprint density at radius 3 is 2.29 bits per heavy atom. The molecule has 0 aromatic heterocycles. The lowest BCUT2D eigenvalue weighted by Crippen LogP contribution is -2.47. The summed E-state index contributed by atoms with van der Waals surface area (Å²) in [4.78, 5) is 23.4. The average molecular weight is 312 g/mol. The predicted molar refractivity (Wildman–Crippen MR) is 83.8 cm³/mol. The topological polar surface area (TPSA) is 84.2 Å². The second-order valence-electron chi connectivity index (χ2n) is 5.33. The predicted octanol–water partition coefficient (Wildman–Crippen LogP) is 1.62. The summed E-state index contributed by atoms with van der Waals surface area (Å²) in [6.07, 6.45) is 0. The third-order valence-electron chi connectivity index (χ3n) is 3.19.